The number of aromatic nitrogens is 2. The summed E-state index contributed by atoms with van der Waals surface area (Å²) in [5.74, 6) is -0.220. The van der Waals surface area contributed by atoms with Crippen LogP contribution in [0.5, 0.6) is 0 Å². The predicted molar refractivity (Wildman–Crippen MR) is 72.3 cm³/mol. The second-order valence-electron chi connectivity index (χ2n) is 4.54. The molecule has 0 saturated carbocycles. The molecule has 0 aliphatic heterocycles. The van der Waals surface area contributed by atoms with Gasteiger partial charge in [-0.2, -0.15) is 10.4 Å². The SMILES string of the molecule is Cc1[nH]ncc1C(=O)Nc1sc2c(c1C#N)CCC2. The first-order chi connectivity index (χ1) is 9.20. The summed E-state index contributed by atoms with van der Waals surface area (Å²) in [5.41, 5.74) is 2.98. The topological polar surface area (TPSA) is 81.6 Å². The Bertz CT molecular complexity index is 692. The van der Waals surface area contributed by atoms with Gasteiger partial charge in [0.05, 0.1) is 17.3 Å². The van der Waals surface area contributed by atoms with Crippen LogP contribution in [0, 0.1) is 18.3 Å². The lowest BCUT2D eigenvalue weighted by atomic mass is 10.1. The summed E-state index contributed by atoms with van der Waals surface area (Å²) < 4.78 is 0. The Kier molecular flexibility index (Phi) is 2.84. The van der Waals surface area contributed by atoms with E-state index in [0.717, 1.165) is 30.5 Å². The van der Waals surface area contributed by atoms with Crippen LogP contribution in [0.3, 0.4) is 0 Å². The lowest BCUT2D eigenvalue weighted by Crippen LogP contribution is -2.12. The number of H-pyrrole nitrogens is 1. The maximum atomic E-state index is 12.1. The smallest absolute Gasteiger partial charge is 0.259 e. The number of nitrogens with zero attached hydrogens (tertiary/aromatic N) is 2. The van der Waals surface area contributed by atoms with Gasteiger partial charge in [-0.3, -0.25) is 9.89 Å². The molecule has 3 rings (SSSR count). The Morgan fingerprint density at radius 1 is 1.58 bits per heavy atom. The van der Waals surface area contributed by atoms with Crippen LogP contribution in [0.1, 0.15) is 38.5 Å². The van der Waals surface area contributed by atoms with Crippen molar-refractivity contribution in [2.45, 2.75) is 26.2 Å². The molecule has 2 heterocycles. The molecule has 1 aliphatic carbocycles. The highest BCUT2D eigenvalue weighted by Gasteiger charge is 2.23. The van der Waals surface area contributed by atoms with E-state index in [1.165, 1.54) is 22.4 Å². The van der Waals surface area contributed by atoms with Crippen LogP contribution in [0.4, 0.5) is 5.00 Å². The molecule has 0 atom stereocenters. The summed E-state index contributed by atoms with van der Waals surface area (Å²) in [6.07, 6.45) is 4.55. The zero-order valence-corrected chi connectivity index (χ0v) is 11.2. The molecule has 0 unspecified atom stereocenters. The standard InChI is InChI=1S/C13H12N4OS/c1-7-10(6-15-17-7)12(18)16-13-9(5-14)8-3-2-4-11(8)19-13/h6H,2-4H2,1H3,(H,15,17)(H,16,18). The second-order valence-corrected chi connectivity index (χ2v) is 5.64. The molecule has 0 radical (unpaired) electrons. The van der Waals surface area contributed by atoms with Gasteiger partial charge < -0.3 is 5.32 Å². The molecule has 0 aromatic carbocycles. The first-order valence-corrected chi connectivity index (χ1v) is 6.88. The molecule has 96 valence electrons. The van der Waals surface area contributed by atoms with Crippen molar-refractivity contribution in [3.8, 4) is 6.07 Å². The number of carbonyl (C=O) groups is 1. The van der Waals surface area contributed by atoms with Gasteiger partial charge in [0.15, 0.2) is 0 Å². The van der Waals surface area contributed by atoms with Crippen LogP contribution < -0.4 is 5.32 Å². The average molecular weight is 272 g/mol. The molecule has 1 aliphatic rings. The monoisotopic (exact) mass is 272 g/mol. The largest absolute Gasteiger partial charge is 0.312 e. The van der Waals surface area contributed by atoms with Crippen LogP contribution in [0.2, 0.25) is 0 Å². The summed E-state index contributed by atoms with van der Waals surface area (Å²) >= 11 is 1.52. The fraction of sp³-hybridized carbons (Fsp3) is 0.308. The van der Waals surface area contributed by atoms with Gasteiger partial charge in [0, 0.05) is 10.6 Å². The molecule has 6 heteroatoms. The van der Waals surface area contributed by atoms with Gasteiger partial charge in [0.25, 0.3) is 5.91 Å². The van der Waals surface area contributed by atoms with Crippen LogP contribution in [-0.2, 0) is 12.8 Å². The Morgan fingerprint density at radius 3 is 3.11 bits per heavy atom. The van der Waals surface area contributed by atoms with Gasteiger partial charge in [-0.15, -0.1) is 11.3 Å². The second kappa shape index (κ2) is 4.52. The van der Waals surface area contributed by atoms with Crippen LogP contribution >= 0.6 is 11.3 Å². The van der Waals surface area contributed by atoms with E-state index >= 15 is 0 Å². The third-order valence-corrected chi connectivity index (χ3v) is 4.54. The fourth-order valence-electron chi connectivity index (χ4n) is 2.36. The Hall–Kier alpha value is -2.13. The molecule has 0 spiro atoms. The van der Waals surface area contributed by atoms with Crippen molar-refractivity contribution in [1.82, 2.24) is 10.2 Å². The number of carbonyl (C=O) groups excluding carboxylic acids is 1. The molecule has 5 nitrogen and oxygen atoms in total. The van der Waals surface area contributed by atoms with E-state index < -0.39 is 0 Å². The number of anilines is 1. The number of aryl methyl sites for hydroxylation is 2. The van der Waals surface area contributed by atoms with E-state index in [2.05, 4.69) is 21.6 Å². The molecular weight excluding hydrogens is 260 g/mol. The molecule has 0 saturated heterocycles. The van der Waals surface area contributed by atoms with Gasteiger partial charge in [0.2, 0.25) is 0 Å². The van der Waals surface area contributed by atoms with Crippen molar-refractivity contribution in [2.24, 2.45) is 0 Å². The molecule has 1 amide bonds. The minimum absolute atomic E-state index is 0.220. The Labute approximate surface area is 114 Å². The summed E-state index contributed by atoms with van der Waals surface area (Å²) in [4.78, 5) is 13.3. The van der Waals surface area contributed by atoms with E-state index in [9.17, 15) is 10.1 Å². The zero-order chi connectivity index (χ0) is 13.4. The summed E-state index contributed by atoms with van der Waals surface area (Å²) in [6.45, 7) is 1.79. The van der Waals surface area contributed by atoms with Gasteiger partial charge >= 0.3 is 0 Å². The first-order valence-electron chi connectivity index (χ1n) is 6.06. The third kappa shape index (κ3) is 1.92. The fourth-order valence-corrected chi connectivity index (χ4v) is 3.60. The Balaban J connectivity index is 1.91. The lowest BCUT2D eigenvalue weighted by molar-refractivity contribution is 0.102. The molecule has 2 N–H and O–H groups in total. The Morgan fingerprint density at radius 2 is 2.42 bits per heavy atom. The normalized spacial score (nSPS) is 13.1. The van der Waals surface area contributed by atoms with E-state index in [4.69, 9.17) is 0 Å². The number of rotatable bonds is 2. The van der Waals surface area contributed by atoms with Crippen molar-refractivity contribution in [3.05, 3.63) is 33.5 Å². The highest BCUT2D eigenvalue weighted by molar-refractivity contribution is 7.16. The molecule has 0 fully saturated rings. The van der Waals surface area contributed by atoms with Crippen molar-refractivity contribution in [2.75, 3.05) is 5.32 Å². The van der Waals surface area contributed by atoms with Crippen molar-refractivity contribution >= 4 is 22.2 Å². The minimum atomic E-state index is -0.220. The number of hydrogen-bond donors (Lipinski definition) is 2. The predicted octanol–water partition coefficient (Wildman–Crippen LogP) is 2.39. The maximum Gasteiger partial charge on any atom is 0.259 e. The number of nitriles is 1. The zero-order valence-electron chi connectivity index (χ0n) is 10.4. The lowest BCUT2D eigenvalue weighted by Gasteiger charge is -2.02. The number of hydrogen-bond acceptors (Lipinski definition) is 4. The van der Waals surface area contributed by atoms with Crippen LogP contribution in [0.15, 0.2) is 6.20 Å². The maximum absolute atomic E-state index is 12.1. The quantitative estimate of drug-likeness (QED) is 0.880. The number of amides is 1. The average Bonchev–Trinajstić information content (AvgIpc) is 3.04. The van der Waals surface area contributed by atoms with E-state index in [1.807, 2.05) is 0 Å². The molecule has 2 aromatic heterocycles. The number of aromatic amines is 1. The number of fused-ring (bicyclic) bond motifs is 1. The molecule has 0 bridgehead atoms. The summed E-state index contributed by atoms with van der Waals surface area (Å²) in [5, 5.41) is 19.3. The molecule has 19 heavy (non-hydrogen) atoms. The molecule has 2 aromatic rings. The third-order valence-electron chi connectivity index (χ3n) is 3.33. The van der Waals surface area contributed by atoms with Crippen molar-refractivity contribution in [1.29, 1.82) is 5.26 Å². The number of nitrogens with one attached hydrogen (secondary N) is 2. The summed E-state index contributed by atoms with van der Waals surface area (Å²) in [6, 6.07) is 2.21. The van der Waals surface area contributed by atoms with Gasteiger partial charge in [-0.1, -0.05) is 0 Å². The van der Waals surface area contributed by atoms with Gasteiger partial charge in [-0.25, -0.2) is 0 Å². The van der Waals surface area contributed by atoms with Crippen molar-refractivity contribution < 1.29 is 4.79 Å². The van der Waals surface area contributed by atoms with Gasteiger partial charge in [-0.05, 0) is 31.7 Å². The van der Waals surface area contributed by atoms with E-state index in [-0.39, 0.29) is 5.91 Å². The van der Waals surface area contributed by atoms with Crippen LogP contribution in [0.25, 0.3) is 0 Å². The van der Waals surface area contributed by atoms with Gasteiger partial charge in [0.1, 0.15) is 11.1 Å². The van der Waals surface area contributed by atoms with E-state index in [0.29, 0.717) is 16.1 Å². The van der Waals surface area contributed by atoms with Crippen LogP contribution in [-0.4, -0.2) is 16.1 Å². The minimum Gasteiger partial charge on any atom is -0.312 e. The molecular formula is C13H12N4OS. The number of thiophene rings is 1. The summed E-state index contributed by atoms with van der Waals surface area (Å²) in [7, 11) is 0. The van der Waals surface area contributed by atoms with Crippen molar-refractivity contribution in [3.63, 3.8) is 0 Å². The highest BCUT2D eigenvalue weighted by Crippen LogP contribution is 2.38. The van der Waals surface area contributed by atoms with E-state index in [1.54, 1.807) is 6.92 Å². The first kappa shape index (κ1) is 11.9. The highest BCUT2D eigenvalue weighted by atomic mass is 32.1.